The molecule has 2 aliphatic rings. The van der Waals surface area contributed by atoms with E-state index >= 15 is 0 Å². The number of likely N-dealkylation sites (tertiary alicyclic amines) is 1. The summed E-state index contributed by atoms with van der Waals surface area (Å²) < 4.78 is 19.9. The van der Waals surface area contributed by atoms with Gasteiger partial charge in [-0.2, -0.15) is 5.10 Å². The van der Waals surface area contributed by atoms with Crippen molar-refractivity contribution >= 4 is 40.7 Å². The molecule has 2 N–H and O–H groups in total. The zero-order valence-electron chi connectivity index (χ0n) is 22.1. The SMILES string of the molecule is COC1(C)Cc2nnc(C(C)=O)c(Nc3ccc(Cl)c(F)c3)c2C=C1NC(=O)/C=C/CN1CCCC(C)C1. The fourth-order valence-electron chi connectivity index (χ4n) is 4.86. The summed E-state index contributed by atoms with van der Waals surface area (Å²) in [4.78, 5) is 27.6. The Labute approximate surface area is 227 Å². The van der Waals surface area contributed by atoms with E-state index in [0.717, 1.165) is 13.1 Å². The molecule has 1 aromatic heterocycles. The number of carbonyl (C=O) groups is 2. The second-order valence-corrected chi connectivity index (χ2v) is 10.6. The van der Waals surface area contributed by atoms with Crippen molar-refractivity contribution in [1.29, 1.82) is 0 Å². The molecule has 1 fully saturated rings. The normalized spacial score (nSPS) is 21.6. The van der Waals surface area contributed by atoms with Gasteiger partial charge in [-0.25, -0.2) is 4.39 Å². The number of aromatic nitrogens is 2. The Balaban J connectivity index is 1.63. The van der Waals surface area contributed by atoms with Gasteiger partial charge in [0.25, 0.3) is 0 Å². The van der Waals surface area contributed by atoms with Crippen LogP contribution in [0.5, 0.6) is 0 Å². The molecule has 38 heavy (non-hydrogen) atoms. The number of rotatable bonds is 8. The van der Waals surface area contributed by atoms with Crippen molar-refractivity contribution in [2.45, 2.75) is 45.6 Å². The van der Waals surface area contributed by atoms with Crippen molar-refractivity contribution in [3.63, 3.8) is 0 Å². The van der Waals surface area contributed by atoms with Gasteiger partial charge >= 0.3 is 0 Å². The lowest BCUT2D eigenvalue weighted by Crippen LogP contribution is -2.43. The summed E-state index contributed by atoms with van der Waals surface area (Å²) in [6.45, 7) is 8.26. The molecular weight excluding hydrogens is 509 g/mol. The highest BCUT2D eigenvalue weighted by Crippen LogP contribution is 2.37. The molecule has 0 spiro atoms. The molecule has 0 bridgehead atoms. The van der Waals surface area contributed by atoms with Gasteiger partial charge in [0.1, 0.15) is 11.4 Å². The van der Waals surface area contributed by atoms with Gasteiger partial charge in [-0.15, -0.1) is 5.10 Å². The number of fused-ring (bicyclic) bond motifs is 1. The van der Waals surface area contributed by atoms with Crippen LogP contribution in [0, 0.1) is 11.7 Å². The third kappa shape index (κ3) is 6.28. The highest BCUT2D eigenvalue weighted by molar-refractivity contribution is 6.30. The van der Waals surface area contributed by atoms with Crippen LogP contribution in [-0.2, 0) is 16.0 Å². The maximum absolute atomic E-state index is 14.1. The highest BCUT2D eigenvalue weighted by atomic mass is 35.5. The first-order valence-electron chi connectivity index (χ1n) is 12.7. The monoisotopic (exact) mass is 541 g/mol. The Kier molecular flexibility index (Phi) is 8.60. The van der Waals surface area contributed by atoms with E-state index in [9.17, 15) is 14.0 Å². The van der Waals surface area contributed by atoms with Gasteiger partial charge in [0.05, 0.1) is 22.1 Å². The average Bonchev–Trinajstić information content (AvgIpc) is 2.87. The summed E-state index contributed by atoms with van der Waals surface area (Å²) in [7, 11) is 1.56. The van der Waals surface area contributed by atoms with E-state index in [-0.39, 0.29) is 22.4 Å². The number of benzene rings is 1. The molecule has 2 aromatic rings. The lowest BCUT2D eigenvalue weighted by Gasteiger charge is -2.35. The smallest absolute Gasteiger partial charge is 0.247 e. The van der Waals surface area contributed by atoms with E-state index in [4.69, 9.17) is 16.3 Å². The number of Topliss-reactive ketones (excluding diaryl/α,β-unsaturated/α-hetero) is 1. The molecule has 2 atom stereocenters. The van der Waals surface area contributed by atoms with Crippen LogP contribution in [0.25, 0.3) is 6.08 Å². The molecule has 2 unspecified atom stereocenters. The van der Waals surface area contributed by atoms with E-state index in [1.165, 1.54) is 38.0 Å². The topological polar surface area (TPSA) is 96.5 Å². The largest absolute Gasteiger partial charge is 0.372 e. The molecule has 1 amide bonds. The molecule has 1 aliphatic heterocycles. The molecule has 0 radical (unpaired) electrons. The Hall–Kier alpha value is -3.14. The van der Waals surface area contributed by atoms with E-state index in [1.807, 2.05) is 13.0 Å². The summed E-state index contributed by atoms with van der Waals surface area (Å²) in [6, 6.07) is 4.26. The minimum Gasteiger partial charge on any atom is -0.372 e. The van der Waals surface area contributed by atoms with Crippen LogP contribution >= 0.6 is 11.6 Å². The predicted octanol–water partition coefficient (Wildman–Crippen LogP) is 4.92. The molecule has 10 heteroatoms. The number of hydrogen-bond donors (Lipinski definition) is 2. The van der Waals surface area contributed by atoms with Crippen LogP contribution in [0.1, 0.15) is 55.4 Å². The van der Waals surface area contributed by atoms with Gasteiger partial charge in [-0.05, 0) is 56.5 Å². The Bertz CT molecular complexity index is 1300. The maximum Gasteiger partial charge on any atom is 0.247 e. The van der Waals surface area contributed by atoms with Crippen LogP contribution in [0.4, 0.5) is 15.8 Å². The maximum atomic E-state index is 14.1. The zero-order valence-corrected chi connectivity index (χ0v) is 22.9. The van der Waals surface area contributed by atoms with Crippen LogP contribution in [0.2, 0.25) is 5.02 Å². The standard InChI is InChI=1S/C28H33ClFN5O3/c1-17-7-5-11-35(16-17)12-6-8-25(37)32-24-14-20-23(15-28(24,3)38-4)33-34-26(18(2)36)27(20)31-19-9-10-21(29)22(30)13-19/h6,8-10,13-14,17H,5,7,11-12,15-16H2,1-4H3,(H,31,33)(H,32,37)/b8-6+. The summed E-state index contributed by atoms with van der Waals surface area (Å²) in [5.41, 5.74) is 1.62. The number of methoxy groups -OCH3 is 1. The average molecular weight is 542 g/mol. The third-order valence-corrected chi connectivity index (χ3v) is 7.36. The predicted molar refractivity (Wildman–Crippen MR) is 146 cm³/mol. The molecule has 1 aliphatic carbocycles. The van der Waals surface area contributed by atoms with E-state index in [1.54, 1.807) is 19.3 Å². The van der Waals surface area contributed by atoms with Gasteiger partial charge in [-0.3, -0.25) is 14.5 Å². The fourth-order valence-corrected chi connectivity index (χ4v) is 4.98. The quantitative estimate of drug-likeness (QED) is 0.361. The number of nitrogens with one attached hydrogen (secondary N) is 2. The van der Waals surface area contributed by atoms with Crippen LogP contribution in [0.15, 0.2) is 36.0 Å². The molecule has 8 nitrogen and oxygen atoms in total. The number of piperidine rings is 1. The Morgan fingerprint density at radius 1 is 1.34 bits per heavy atom. The van der Waals surface area contributed by atoms with E-state index in [2.05, 4.69) is 32.7 Å². The minimum absolute atomic E-state index is 0.0131. The van der Waals surface area contributed by atoms with Gasteiger partial charge < -0.3 is 15.4 Å². The number of carbonyl (C=O) groups excluding carboxylic acids is 2. The van der Waals surface area contributed by atoms with Crippen LogP contribution in [-0.4, -0.2) is 59.1 Å². The fraction of sp³-hybridized carbons (Fsp3) is 0.429. The van der Waals surface area contributed by atoms with Gasteiger partial charge in [0.15, 0.2) is 11.5 Å². The third-order valence-electron chi connectivity index (χ3n) is 7.06. The van der Waals surface area contributed by atoms with Gasteiger partial charge in [-0.1, -0.05) is 24.6 Å². The lowest BCUT2D eigenvalue weighted by atomic mass is 9.86. The number of amides is 1. The number of nitrogens with zero attached hydrogens (tertiary/aromatic N) is 3. The first kappa shape index (κ1) is 27.9. The summed E-state index contributed by atoms with van der Waals surface area (Å²) in [5.74, 6) is -0.531. The van der Waals surface area contributed by atoms with Crippen LogP contribution in [0.3, 0.4) is 0 Å². The van der Waals surface area contributed by atoms with Crippen molar-refractivity contribution in [3.8, 4) is 0 Å². The Morgan fingerprint density at radius 3 is 2.82 bits per heavy atom. The highest BCUT2D eigenvalue weighted by Gasteiger charge is 2.37. The van der Waals surface area contributed by atoms with E-state index in [0.29, 0.717) is 47.2 Å². The number of ether oxygens (including phenoxy) is 1. The number of ketones is 1. The van der Waals surface area contributed by atoms with Crippen molar-refractivity contribution in [2.24, 2.45) is 5.92 Å². The molecule has 4 rings (SSSR count). The lowest BCUT2D eigenvalue weighted by molar-refractivity contribution is -0.116. The van der Waals surface area contributed by atoms with Crippen LogP contribution < -0.4 is 10.6 Å². The van der Waals surface area contributed by atoms with Gasteiger partial charge in [0.2, 0.25) is 5.91 Å². The molecular formula is C28H33ClFN5O3. The Morgan fingerprint density at radius 2 is 2.13 bits per heavy atom. The van der Waals surface area contributed by atoms with Crippen molar-refractivity contribution < 1.29 is 18.7 Å². The molecule has 1 aromatic carbocycles. The second-order valence-electron chi connectivity index (χ2n) is 10.2. The minimum atomic E-state index is -0.880. The summed E-state index contributed by atoms with van der Waals surface area (Å²) >= 11 is 5.83. The molecule has 1 saturated heterocycles. The summed E-state index contributed by atoms with van der Waals surface area (Å²) in [6.07, 6.45) is 7.85. The van der Waals surface area contributed by atoms with Crippen molar-refractivity contribution in [3.05, 3.63) is 63.8 Å². The zero-order chi connectivity index (χ0) is 27.4. The number of halogens is 2. The van der Waals surface area contributed by atoms with Gasteiger partial charge in [0, 0.05) is 50.9 Å². The summed E-state index contributed by atoms with van der Waals surface area (Å²) in [5, 5.41) is 14.5. The van der Waals surface area contributed by atoms with Crippen molar-refractivity contribution in [2.75, 3.05) is 32.1 Å². The first-order chi connectivity index (χ1) is 18.1. The second kappa shape index (κ2) is 11.7. The first-order valence-corrected chi connectivity index (χ1v) is 13.1. The van der Waals surface area contributed by atoms with E-state index < -0.39 is 11.4 Å². The number of hydrogen-bond acceptors (Lipinski definition) is 7. The van der Waals surface area contributed by atoms with Crippen molar-refractivity contribution in [1.82, 2.24) is 20.4 Å². The molecule has 202 valence electrons. The number of anilines is 2. The molecule has 0 saturated carbocycles. The molecule has 2 heterocycles.